The lowest BCUT2D eigenvalue weighted by Gasteiger charge is -2.24. The first-order valence-electron chi connectivity index (χ1n) is 6.03. The molecule has 2 N–H and O–H groups in total. The maximum atomic E-state index is 12.1. The normalized spacial score (nSPS) is 12.5. The zero-order chi connectivity index (χ0) is 14.8. The zero-order valence-corrected chi connectivity index (χ0v) is 13.3. The Morgan fingerprint density at radius 2 is 1.89 bits per heavy atom. The maximum absolute atomic E-state index is 12.1. The highest BCUT2D eigenvalue weighted by Gasteiger charge is 2.28. The highest BCUT2D eigenvalue weighted by atomic mass is 35.5. The number of nitrogen functional groups attached to an aromatic ring is 1. The van der Waals surface area contributed by atoms with Gasteiger partial charge in [-0.15, -0.1) is 0 Å². The molecule has 0 spiro atoms. The third kappa shape index (κ3) is 4.01. The molecule has 0 atom stereocenters. The van der Waals surface area contributed by atoms with Gasteiger partial charge in [-0.05, 0) is 39.0 Å². The van der Waals surface area contributed by atoms with Crippen molar-refractivity contribution in [1.82, 2.24) is 0 Å². The van der Waals surface area contributed by atoms with Crippen LogP contribution in [0.5, 0.6) is 0 Å². The van der Waals surface area contributed by atoms with Crippen LogP contribution in [0.25, 0.3) is 0 Å². The molecule has 1 rings (SSSR count). The van der Waals surface area contributed by atoms with Crippen LogP contribution in [0.3, 0.4) is 0 Å². The third-order valence-electron chi connectivity index (χ3n) is 3.03. The molecule has 19 heavy (non-hydrogen) atoms. The Labute approximate surface area is 120 Å². The van der Waals surface area contributed by atoms with E-state index in [4.69, 9.17) is 17.3 Å². The van der Waals surface area contributed by atoms with Crippen molar-refractivity contribution in [3.63, 3.8) is 0 Å². The van der Waals surface area contributed by atoms with E-state index in [9.17, 15) is 8.42 Å². The fourth-order valence-electron chi connectivity index (χ4n) is 1.53. The Kier molecular flexibility index (Phi) is 4.74. The first-order chi connectivity index (χ1) is 8.54. The number of hydrogen-bond donors (Lipinski definition) is 1. The van der Waals surface area contributed by atoms with Gasteiger partial charge in [-0.25, -0.2) is 8.42 Å². The summed E-state index contributed by atoms with van der Waals surface area (Å²) in [5.41, 5.74) is 7.20. The van der Waals surface area contributed by atoms with Crippen molar-refractivity contribution < 1.29 is 8.42 Å². The fourth-order valence-corrected chi connectivity index (χ4v) is 2.82. The highest BCUT2D eigenvalue weighted by Crippen LogP contribution is 2.26. The highest BCUT2D eigenvalue weighted by molar-refractivity contribution is 7.92. The van der Waals surface area contributed by atoms with E-state index in [1.54, 1.807) is 46.0 Å². The molecule has 0 fully saturated rings. The summed E-state index contributed by atoms with van der Waals surface area (Å²) in [5, 5.41) is 0.578. The average molecular weight is 305 g/mol. The Hall–Kier alpha value is -0.940. The predicted molar refractivity (Wildman–Crippen MR) is 82.7 cm³/mol. The molecule has 0 aliphatic heterocycles. The molecular formula is C13H21ClN2O2S. The molecule has 0 aromatic heterocycles. The lowest BCUT2D eigenvalue weighted by Crippen LogP contribution is -2.35. The summed E-state index contributed by atoms with van der Waals surface area (Å²) in [6, 6.07) is 5.16. The molecule has 0 aliphatic rings. The molecule has 1 aromatic rings. The van der Waals surface area contributed by atoms with Crippen LogP contribution in [0.15, 0.2) is 18.2 Å². The minimum Gasteiger partial charge on any atom is -0.397 e. The van der Waals surface area contributed by atoms with Gasteiger partial charge in [-0.2, -0.15) is 0 Å². The van der Waals surface area contributed by atoms with Crippen LogP contribution in [-0.4, -0.2) is 32.5 Å². The molecule has 4 nitrogen and oxygen atoms in total. The van der Waals surface area contributed by atoms with Crippen molar-refractivity contribution in [2.45, 2.75) is 25.5 Å². The SMILES string of the molecule is CN(CCS(=O)(=O)C(C)(C)C)c1cc(Cl)ccc1N. The lowest BCUT2D eigenvalue weighted by molar-refractivity contribution is 0.559. The lowest BCUT2D eigenvalue weighted by atomic mass is 10.2. The molecule has 0 aliphatic carbocycles. The van der Waals surface area contributed by atoms with Crippen molar-refractivity contribution in [2.75, 3.05) is 30.0 Å². The van der Waals surface area contributed by atoms with Gasteiger partial charge in [0, 0.05) is 18.6 Å². The van der Waals surface area contributed by atoms with Crippen LogP contribution < -0.4 is 10.6 Å². The number of nitrogens with two attached hydrogens (primary N) is 1. The largest absolute Gasteiger partial charge is 0.397 e. The Balaban J connectivity index is 2.82. The summed E-state index contributed by atoms with van der Waals surface area (Å²) >= 11 is 5.92. The second kappa shape index (κ2) is 5.59. The van der Waals surface area contributed by atoms with E-state index >= 15 is 0 Å². The van der Waals surface area contributed by atoms with Crippen molar-refractivity contribution >= 4 is 32.8 Å². The van der Waals surface area contributed by atoms with Crippen molar-refractivity contribution in [2.24, 2.45) is 0 Å². The molecule has 0 saturated carbocycles. The van der Waals surface area contributed by atoms with Gasteiger partial charge < -0.3 is 10.6 Å². The Bertz CT molecular complexity index is 550. The van der Waals surface area contributed by atoms with Crippen LogP contribution in [0.4, 0.5) is 11.4 Å². The Morgan fingerprint density at radius 1 is 1.32 bits per heavy atom. The quantitative estimate of drug-likeness (QED) is 0.868. The summed E-state index contributed by atoms with van der Waals surface area (Å²) in [6.45, 7) is 5.49. The number of anilines is 2. The van der Waals surface area contributed by atoms with Crippen LogP contribution >= 0.6 is 11.6 Å². The number of sulfone groups is 1. The average Bonchev–Trinajstić information content (AvgIpc) is 2.28. The molecule has 108 valence electrons. The molecule has 0 unspecified atom stereocenters. The van der Waals surface area contributed by atoms with Crippen molar-refractivity contribution in [3.8, 4) is 0 Å². The summed E-state index contributed by atoms with van der Waals surface area (Å²) in [4.78, 5) is 1.81. The second-order valence-corrected chi connectivity index (χ2v) is 8.85. The van der Waals surface area contributed by atoms with E-state index in [1.807, 2.05) is 4.90 Å². The molecule has 0 amide bonds. The Morgan fingerprint density at radius 3 is 2.42 bits per heavy atom. The van der Waals surface area contributed by atoms with Gasteiger partial charge in [0.15, 0.2) is 9.84 Å². The first-order valence-corrected chi connectivity index (χ1v) is 8.06. The number of hydrogen-bond acceptors (Lipinski definition) is 4. The van der Waals surface area contributed by atoms with E-state index in [0.717, 1.165) is 5.69 Å². The fraction of sp³-hybridized carbons (Fsp3) is 0.538. The predicted octanol–water partition coefficient (Wildman–Crippen LogP) is 2.57. The van der Waals surface area contributed by atoms with Crippen LogP contribution in [-0.2, 0) is 9.84 Å². The molecule has 1 aromatic carbocycles. The van der Waals surface area contributed by atoms with E-state index < -0.39 is 14.6 Å². The smallest absolute Gasteiger partial charge is 0.156 e. The summed E-state index contributed by atoms with van der Waals surface area (Å²) in [6.07, 6.45) is 0. The third-order valence-corrected chi connectivity index (χ3v) is 5.85. The monoisotopic (exact) mass is 304 g/mol. The summed E-state index contributed by atoms with van der Waals surface area (Å²) < 4.78 is 23.4. The zero-order valence-electron chi connectivity index (χ0n) is 11.8. The minimum absolute atomic E-state index is 0.0823. The minimum atomic E-state index is -3.14. The van der Waals surface area contributed by atoms with Gasteiger partial charge in [0.05, 0.1) is 21.9 Å². The summed E-state index contributed by atoms with van der Waals surface area (Å²) in [5.74, 6) is 0.0823. The first kappa shape index (κ1) is 16.1. The van der Waals surface area contributed by atoms with Gasteiger partial charge in [-0.1, -0.05) is 11.6 Å². The van der Waals surface area contributed by atoms with Gasteiger partial charge in [0.25, 0.3) is 0 Å². The van der Waals surface area contributed by atoms with Crippen molar-refractivity contribution in [1.29, 1.82) is 0 Å². The second-order valence-electron chi connectivity index (χ2n) is 5.56. The van der Waals surface area contributed by atoms with Crippen LogP contribution in [0.2, 0.25) is 5.02 Å². The standard InChI is InChI=1S/C13H21ClN2O2S/c1-13(2,3)19(17,18)8-7-16(4)12-9-10(14)5-6-11(12)15/h5-6,9H,7-8,15H2,1-4H3. The number of nitrogens with zero attached hydrogens (tertiary/aromatic N) is 1. The van der Waals surface area contributed by atoms with E-state index in [1.165, 1.54) is 0 Å². The summed E-state index contributed by atoms with van der Waals surface area (Å²) in [7, 11) is -1.33. The van der Waals surface area contributed by atoms with E-state index in [2.05, 4.69) is 0 Å². The van der Waals surface area contributed by atoms with Gasteiger partial charge in [0.1, 0.15) is 0 Å². The van der Waals surface area contributed by atoms with Crippen LogP contribution in [0, 0.1) is 0 Å². The maximum Gasteiger partial charge on any atom is 0.156 e. The molecule has 0 bridgehead atoms. The molecule has 0 heterocycles. The number of benzene rings is 1. The molecule has 0 radical (unpaired) electrons. The van der Waals surface area contributed by atoms with Gasteiger partial charge >= 0.3 is 0 Å². The van der Waals surface area contributed by atoms with E-state index in [0.29, 0.717) is 17.3 Å². The number of rotatable bonds is 4. The van der Waals surface area contributed by atoms with Crippen molar-refractivity contribution in [3.05, 3.63) is 23.2 Å². The number of halogens is 1. The molecular weight excluding hydrogens is 284 g/mol. The topological polar surface area (TPSA) is 63.4 Å². The molecule has 6 heteroatoms. The molecule has 0 saturated heterocycles. The van der Waals surface area contributed by atoms with Crippen LogP contribution in [0.1, 0.15) is 20.8 Å². The van der Waals surface area contributed by atoms with Gasteiger partial charge in [-0.3, -0.25) is 0 Å². The van der Waals surface area contributed by atoms with Gasteiger partial charge in [0.2, 0.25) is 0 Å². The van der Waals surface area contributed by atoms with E-state index in [-0.39, 0.29) is 5.75 Å².